The van der Waals surface area contributed by atoms with E-state index in [1.165, 1.54) is 25.8 Å². The minimum Gasteiger partial charge on any atom is -0.392 e. The Morgan fingerprint density at radius 1 is 1.41 bits per heavy atom. The van der Waals surface area contributed by atoms with Gasteiger partial charge in [-0.25, -0.2) is 0 Å². The van der Waals surface area contributed by atoms with E-state index in [0.717, 1.165) is 11.3 Å². The Hall–Kier alpha value is -1.06. The van der Waals surface area contributed by atoms with Gasteiger partial charge in [-0.2, -0.15) is 0 Å². The van der Waals surface area contributed by atoms with Crippen LogP contribution in [0.25, 0.3) is 0 Å². The quantitative estimate of drug-likeness (QED) is 0.731. The zero-order valence-corrected chi connectivity index (χ0v) is 10.4. The Morgan fingerprint density at radius 3 is 2.76 bits per heavy atom. The maximum Gasteiger partial charge on any atom is 0.0681 e. The maximum absolute atomic E-state index is 8.97. The summed E-state index contributed by atoms with van der Waals surface area (Å²) in [5.41, 5.74) is 2.09. The van der Waals surface area contributed by atoms with Gasteiger partial charge in [-0.15, -0.1) is 0 Å². The lowest BCUT2D eigenvalue weighted by Crippen LogP contribution is -2.29. The fourth-order valence-electron chi connectivity index (χ4n) is 2.43. The molecule has 0 saturated carbocycles. The summed E-state index contributed by atoms with van der Waals surface area (Å²) in [6.07, 6.45) is 3.78. The molecule has 1 aliphatic heterocycles. The Balaban J connectivity index is 1.81. The molecule has 17 heavy (non-hydrogen) atoms. The highest BCUT2D eigenvalue weighted by Crippen LogP contribution is 2.15. The van der Waals surface area contributed by atoms with Gasteiger partial charge in [0.1, 0.15) is 0 Å². The van der Waals surface area contributed by atoms with Crippen molar-refractivity contribution in [3.63, 3.8) is 0 Å². The monoisotopic (exact) mass is 234 g/mol. The predicted octanol–water partition coefficient (Wildman–Crippen LogP) is 2.12. The first kappa shape index (κ1) is 12.4. The van der Waals surface area contributed by atoms with E-state index in [0.29, 0.717) is 12.1 Å². The Kier molecular flexibility index (Phi) is 4.40. The number of rotatable bonds is 5. The summed E-state index contributed by atoms with van der Waals surface area (Å²) in [5, 5.41) is 16.0. The summed E-state index contributed by atoms with van der Waals surface area (Å²) >= 11 is 0. The molecule has 2 unspecified atom stereocenters. The summed E-state index contributed by atoms with van der Waals surface area (Å²) in [6, 6.07) is 9.14. The first-order chi connectivity index (χ1) is 8.28. The van der Waals surface area contributed by atoms with Gasteiger partial charge in [0, 0.05) is 17.8 Å². The van der Waals surface area contributed by atoms with Crippen molar-refractivity contribution in [1.82, 2.24) is 5.32 Å². The minimum atomic E-state index is 0.113. The molecule has 2 rings (SSSR count). The van der Waals surface area contributed by atoms with Crippen LogP contribution in [-0.2, 0) is 6.61 Å². The summed E-state index contributed by atoms with van der Waals surface area (Å²) in [4.78, 5) is 0. The van der Waals surface area contributed by atoms with Gasteiger partial charge in [0.2, 0.25) is 0 Å². The minimum absolute atomic E-state index is 0.113. The summed E-state index contributed by atoms with van der Waals surface area (Å²) < 4.78 is 0. The van der Waals surface area contributed by atoms with Crippen LogP contribution < -0.4 is 10.6 Å². The van der Waals surface area contributed by atoms with Gasteiger partial charge in [-0.1, -0.05) is 12.1 Å². The Morgan fingerprint density at radius 2 is 2.18 bits per heavy atom. The van der Waals surface area contributed by atoms with Gasteiger partial charge < -0.3 is 15.7 Å². The molecule has 1 aliphatic rings. The molecule has 1 aromatic carbocycles. The number of aliphatic hydroxyl groups excluding tert-OH is 1. The fraction of sp³-hybridized carbons (Fsp3) is 0.571. The second-order valence-corrected chi connectivity index (χ2v) is 4.93. The highest BCUT2D eigenvalue weighted by atomic mass is 16.3. The number of aliphatic hydroxyl groups is 1. The first-order valence-electron chi connectivity index (χ1n) is 6.47. The predicted molar refractivity (Wildman–Crippen MR) is 71.1 cm³/mol. The van der Waals surface area contributed by atoms with Gasteiger partial charge in [0.05, 0.1) is 6.61 Å². The van der Waals surface area contributed by atoms with Gasteiger partial charge in [-0.3, -0.25) is 0 Å². The summed E-state index contributed by atoms with van der Waals surface area (Å²) in [5.74, 6) is 0. The van der Waals surface area contributed by atoms with Crippen LogP contribution >= 0.6 is 0 Å². The molecule has 0 aliphatic carbocycles. The molecule has 0 spiro atoms. The summed E-state index contributed by atoms with van der Waals surface area (Å²) in [7, 11) is 0. The van der Waals surface area contributed by atoms with Crippen LogP contribution in [0.1, 0.15) is 31.7 Å². The molecule has 3 N–H and O–H groups in total. The van der Waals surface area contributed by atoms with E-state index < -0.39 is 0 Å². The normalized spacial score (nSPS) is 21.4. The van der Waals surface area contributed by atoms with E-state index in [1.54, 1.807) is 0 Å². The maximum atomic E-state index is 8.97. The van der Waals surface area contributed by atoms with Crippen LogP contribution in [0, 0.1) is 0 Å². The number of hydrogen-bond acceptors (Lipinski definition) is 3. The fourth-order valence-corrected chi connectivity index (χ4v) is 2.43. The molecule has 0 radical (unpaired) electrons. The molecule has 1 aromatic rings. The largest absolute Gasteiger partial charge is 0.392 e. The molecule has 0 bridgehead atoms. The lowest BCUT2D eigenvalue weighted by atomic mass is 10.1. The lowest BCUT2D eigenvalue weighted by molar-refractivity contribution is 0.282. The van der Waals surface area contributed by atoms with Crippen molar-refractivity contribution < 1.29 is 5.11 Å². The second kappa shape index (κ2) is 6.03. The third-order valence-corrected chi connectivity index (χ3v) is 3.35. The van der Waals surface area contributed by atoms with Crippen LogP contribution in [0.5, 0.6) is 0 Å². The van der Waals surface area contributed by atoms with Crippen molar-refractivity contribution in [3.05, 3.63) is 29.8 Å². The van der Waals surface area contributed by atoms with E-state index in [1.807, 2.05) is 24.3 Å². The molecule has 3 nitrogen and oxygen atoms in total. The van der Waals surface area contributed by atoms with Crippen LogP contribution in [0.3, 0.4) is 0 Å². The highest BCUT2D eigenvalue weighted by molar-refractivity contribution is 5.45. The highest BCUT2D eigenvalue weighted by Gasteiger charge is 2.16. The third kappa shape index (κ3) is 3.72. The molecular formula is C14H22N2O. The molecule has 0 aromatic heterocycles. The van der Waals surface area contributed by atoms with Crippen LogP contribution in [0.15, 0.2) is 24.3 Å². The average Bonchev–Trinajstić information content (AvgIpc) is 2.82. The zero-order chi connectivity index (χ0) is 12.1. The van der Waals surface area contributed by atoms with Crippen LogP contribution in [0.2, 0.25) is 0 Å². The van der Waals surface area contributed by atoms with Crippen molar-refractivity contribution in [2.45, 2.75) is 44.9 Å². The third-order valence-electron chi connectivity index (χ3n) is 3.35. The molecule has 3 heteroatoms. The molecular weight excluding hydrogens is 212 g/mol. The SMILES string of the molecule is CC(CC1CCCN1)Nc1ccc(CO)cc1. The van der Waals surface area contributed by atoms with Crippen molar-refractivity contribution >= 4 is 5.69 Å². The van der Waals surface area contributed by atoms with Crippen LogP contribution in [0.4, 0.5) is 5.69 Å². The number of anilines is 1. The van der Waals surface area contributed by atoms with E-state index in [-0.39, 0.29) is 6.61 Å². The lowest BCUT2D eigenvalue weighted by Gasteiger charge is -2.19. The van der Waals surface area contributed by atoms with Gasteiger partial charge >= 0.3 is 0 Å². The first-order valence-corrected chi connectivity index (χ1v) is 6.47. The van der Waals surface area contributed by atoms with E-state index >= 15 is 0 Å². The van der Waals surface area contributed by atoms with Gasteiger partial charge in [0.15, 0.2) is 0 Å². The second-order valence-electron chi connectivity index (χ2n) is 4.93. The van der Waals surface area contributed by atoms with Crippen LogP contribution in [-0.4, -0.2) is 23.7 Å². The molecule has 1 saturated heterocycles. The molecule has 0 amide bonds. The smallest absolute Gasteiger partial charge is 0.0681 e. The van der Waals surface area contributed by atoms with E-state index in [2.05, 4.69) is 17.6 Å². The molecule has 94 valence electrons. The molecule has 2 atom stereocenters. The van der Waals surface area contributed by atoms with Crippen molar-refractivity contribution in [3.8, 4) is 0 Å². The number of benzene rings is 1. The standard InChI is InChI=1S/C14H22N2O/c1-11(9-14-3-2-8-15-14)16-13-6-4-12(10-17)5-7-13/h4-7,11,14-17H,2-3,8-10H2,1H3. The van der Waals surface area contributed by atoms with Crippen molar-refractivity contribution in [2.75, 3.05) is 11.9 Å². The molecule has 1 fully saturated rings. The number of hydrogen-bond donors (Lipinski definition) is 3. The van der Waals surface area contributed by atoms with Gasteiger partial charge in [-0.05, 0) is 50.4 Å². The summed E-state index contributed by atoms with van der Waals surface area (Å²) in [6.45, 7) is 3.50. The molecule has 1 heterocycles. The topological polar surface area (TPSA) is 44.3 Å². The average molecular weight is 234 g/mol. The van der Waals surface area contributed by atoms with E-state index in [4.69, 9.17) is 5.11 Å². The Bertz CT molecular complexity index is 331. The Labute approximate surface area is 103 Å². The van der Waals surface area contributed by atoms with Crippen molar-refractivity contribution in [1.29, 1.82) is 0 Å². The van der Waals surface area contributed by atoms with Gasteiger partial charge in [0.25, 0.3) is 0 Å². The van der Waals surface area contributed by atoms with Crippen molar-refractivity contribution in [2.24, 2.45) is 0 Å². The van der Waals surface area contributed by atoms with E-state index in [9.17, 15) is 0 Å². The number of nitrogens with one attached hydrogen (secondary N) is 2. The zero-order valence-electron chi connectivity index (χ0n) is 10.4.